The summed E-state index contributed by atoms with van der Waals surface area (Å²) < 4.78 is 5.68. The van der Waals surface area contributed by atoms with Gasteiger partial charge in [0.2, 0.25) is 0 Å². The second-order valence-corrected chi connectivity index (χ2v) is 5.25. The average molecular weight is 215 g/mol. The second-order valence-electron chi connectivity index (χ2n) is 5.25. The molecule has 0 spiro atoms. The monoisotopic (exact) mass is 215 g/mol. The van der Waals surface area contributed by atoms with Crippen molar-refractivity contribution in [3.8, 4) is 0 Å². The third-order valence-corrected chi connectivity index (χ3v) is 2.89. The molecule has 1 rings (SSSR count). The second kappa shape index (κ2) is 5.28. The van der Waals surface area contributed by atoms with Gasteiger partial charge >= 0.3 is 0 Å². The number of aliphatic hydroxyl groups excluding tert-OH is 1. The topological polar surface area (TPSA) is 41.5 Å². The molecule has 1 fully saturated rings. The van der Waals surface area contributed by atoms with Crippen LogP contribution in [0.3, 0.4) is 0 Å². The highest BCUT2D eigenvalue weighted by molar-refractivity contribution is 5.01. The molecule has 0 aromatic rings. The van der Waals surface area contributed by atoms with Gasteiger partial charge in [-0.15, -0.1) is 0 Å². The lowest BCUT2D eigenvalue weighted by Gasteiger charge is -2.35. The summed E-state index contributed by atoms with van der Waals surface area (Å²) in [5.41, 5.74) is -0.210. The number of hydrogen-bond acceptors (Lipinski definition) is 3. The van der Waals surface area contributed by atoms with Gasteiger partial charge in [-0.1, -0.05) is 13.8 Å². The van der Waals surface area contributed by atoms with Crippen LogP contribution in [-0.4, -0.2) is 36.0 Å². The lowest BCUT2D eigenvalue weighted by atomic mass is 9.94. The van der Waals surface area contributed by atoms with Crippen molar-refractivity contribution in [2.45, 2.75) is 58.2 Å². The van der Waals surface area contributed by atoms with Crippen LogP contribution in [0.5, 0.6) is 0 Å². The van der Waals surface area contributed by atoms with E-state index < -0.39 is 0 Å². The Morgan fingerprint density at radius 3 is 2.27 bits per heavy atom. The molecule has 1 aliphatic rings. The van der Waals surface area contributed by atoms with Gasteiger partial charge in [0.25, 0.3) is 0 Å². The van der Waals surface area contributed by atoms with Crippen molar-refractivity contribution in [1.82, 2.24) is 5.32 Å². The fourth-order valence-corrected chi connectivity index (χ4v) is 2.02. The summed E-state index contributed by atoms with van der Waals surface area (Å²) in [7, 11) is 0. The Morgan fingerprint density at radius 1 is 1.33 bits per heavy atom. The third kappa shape index (κ3) is 3.74. The summed E-state index contributed by atoms with van der Waals surface area (Å²) in [6.07, 6.45) is 2.65. The molecular formula is C12H25NO2. The van der Waals surface area contributed by atoms with E-state index >= 15 is 0 Å². The van der Waals surface area contributed by atoms with E-state index in [0.29, 0.717) is 18.6 Å². The Labute approximate surface area is 93.2 Å². The van der Waals surface area contributed by atoms with Crippen molar-refractivity contribution in [2.24, 2.45) is 5.92 Å². The van der Waals surface area contributed by atoms with Crippen molar-refractivity contribution in [2.75, 3.05) is 13.2 Å². The van der Waals surface area contributed by atoms with Gasteiger partial charge in [-0.2, -0.15) is 0 Å². The maximum absolute atomic E-state index is 9.61. The zero-order chi connectivity index (χ0) is 11.5. The SMILES string of the molecule is CC(C)NC(CO)(COC(C)C)C1CC1. The van der Waals surface area contributed by atoms with E-state index in [4.69, 9.17) is 4.74 Å². The first-order valence-corrected chi connectivity index (χ1v) is 6.00. The molecule has 2 N–H and O–H groups in total. The van der Waals surface area contributed by atoms with Crippen LogP contribution in [0.4, 0.5) is 0 Å². The molecule has 3 nitrogen and oxygen atoms in total. The van der Waals surface area contributed by atoms with Crippen molar-refractivity contribution >= 4 is 0 Å². The molecule has 0 aliphatic heterocycles. The maximum atomic E-state index is 9.61. The van der Waals surface area contributed by atoms with E-state index in [9.17, 15) is 5.11 Å². The number of nitrogens with one attached hydrogen (secondary N) is 1. The molecule has 1 unspecified atom stereocenters. The number of ether oxygens (including phenoxy) is 1. The van der Waals surface area contributed by atoms with Crippen LogP contribution >= 0.6 is 0 Å². The van der Waals surface area contributed by atoms with Gasteiger partial charge in [-0.25, -0.2) is 0 Å². The van der Waals surface area contributed by atoms with Crippen LogP contribution in [0, 0.1) is 5.92 Å². The van der Waals surface area contributed by atoms with Crippen molar-refractivity contribution in [1.29, 1.82) is 0 Å². The van der Waals surface area contributed by atoms with Crippen molar-refractivity contribution in [3.63, 3.8) is 0 Å². The quantitative estimate of drug-likeness (QED) is 0.677. The first-order valence-electron chi connectivity index (χ1n) is 6.00. The van der Waals surface area contributed by atoms with Crippen LogP contribution in [0.2, 0.25) is 0 Å². The van der Waals surface area contributed by atoms with Gasteiger partial charge in [0.15, 0.2) is 0 Å². The first-order chi connectivity index (χ1) is 7.00. The highest BCUT2D eigenvalue weighted by Crippen LogP contribution is 2.40. The summed E-state index contributed by atoms with van der Waals surface area (Å²) in [5, 5.41) is 13.1. The fourth-order valence-electron chi connectivity index (χ4n) is 2.02. The fraction of sp³-hybridized carbons (Fsp3) is 1.00. The number of aliphatic hydroxyl groups is 1. The van der Waals surface area contributed by atoms with E-state index in [0.717, 1.165) is 0 Å². The summed E-state index contributed by atoms with van der Waals surface area (Å²) in [6, 6.07) is 0.383. The molecule has 0 saturated heterocycles. The Bertz CT molecular complexity index is 190. The average Bonchev–Trinajstić information content (AvgIpc) is 2.94. The van der Waals surface area contributed by atoms with Crippen molar-refractivity contribution in [3.05, 3.63) is 0 Å². The van der Waals surface area contributed by atoms with Crippen LogP contribution < -0.4 is 5.32 Å². The third-order valence-electron chi connectivity index (χ3n) is 2.89. The summed E-state index contributed by atoms with van der Waals surface area (Å²) in [4.78, 5) is 0. The number of hydrogen-bond donors (Lipinski definition) is 2. The van der Waals surface area contributed by atoms with E-state index in [1.807, 2.05) is 13.8 Å². The van der Waals surface area contributed by atoms with Gasteiger partial charge in [0, 0.05) is 6.04 Å². The highest BCUT2D eigenvalue weighted by atomic mass is 16.5. The lowest BCUT2D eigenvalue weighted by molar-refractivity contribution is -0.00783. The summed E-state index contributed by atoms with van der Waals surface area (Å²) >= 11 is 0. The van der Waals surface area contributed by atoms with Gasteiger partial charge in [0.05, 0.1) is 24.9 Å². The maximum Gasteiger partial charge on any atom is 0.0681 e. The first kappa shape index (κ1) is 12.9. The zero-order valence-corrected chi connectivity index (χ0v) is 10.4. The zero-order valence-electron chi connectivity index (χ0n) is 10.4. The molecule has 1 atom stereocenters. The van der Waals surface area contributed by atoms with Crippen molar-refractivity contribution < 1.29 is 9.84 Å². The highest BCUT2D eigenvalue weighted by Gasteiger charge is 2.45. The van der Waals surface area contributed by atoms with Gasteiger partial charge in [-0.3, -0.25) is 0 Å². The molecule has 15 heavy (non-hydrogen) atoms. The molecular weight excluding hydrogens is 190 g/mol. The number of rotatable bonds is 7. The standard InChI is InChI=1S/C12H25NO2/c1-9(2)13-12(7-14,11-5-6-11)8-15-10(3)4/h9-11,13-14H,5-8H2,1-4H3. The minimum atomic E-state index is -0.210. The molecule has 90 valence electrons. The minimum Gasteiger partial charge on any atom is -0.394 e. The van der Waals surface area contributed by atoms with Crippen LogP contribution in [-0.2, 0) is 4.74 Å². The van der Waals surface area contributed by atoms with E-state index in [2.05, 4.69) is 19.2 Å². The van der Waals surface area contributed by atoms with E-state index in [-0.39, 0.29) is 18.2 Å². The largest absolute Gasteiger partial charge is 0.394 e. The molecule has 0 aromatic heterocycles. The molecule has 0 radical (unpaired) electrons. The Hall–Kier alpha value is -0.120. The minimum absolute atomic E-state index is 0.169. The molecule has 0 heterocycles. The normalized spacial score (nSPS) is 21.0. The van der Waals surface area contributed by atoms with Gasteiger partial charge < -0.3 is 15.2 Å². The summed E-state index contributed by atoms with van der Waals surface area (Å²) in [5.74, 6) is 0.587. The smallest absolute Gasteiger partial charge is 0.0681 e. The van der Waals surface area contributed by atoms with Crippen LogP contribution in [0.1, 0.15) is 40.5 Å². The van der Waals surface area contributed by atoms with E-state index in [1.54, 1.807) is 0 Å². The molecule has 1 saturated carbocycles. The van der Waals surface area contributed by atoms with E-state index in [1.165, 1.54) is 12.8 Å². The van der Waals surface area contributed by atoms with Gasteiger partial charge in [-0.05, 0) is 32.6 Å². The predicted molar refractivity (Wildman–Crippen MR) is 61.9 cm³/mol. The van der Waals surface area contributed by atoms with Gasteiger partial charge in [0.1, 0.15) is 0 Å². The van der Waals surface area contributed by atoms with Crippen LogP contribution in [0.25, 0.3) is 0 Å². The summed E-state index contributed by atoms with van der Waals surface area (Å²) in [6.45, 7) is 9.08. The lowest BCUT2D eigenvalue weighted by Crippen LogP contribution is -2.57. The molecule has 0 aromatic carbocycles. The molecule has 0 amide bonds. The molecule has 1 aliphatic carbocycles. The predicted octanol–water partition coefficient (Wildman–Crippen LogP) is 1.55. The van der Waals surface area contributed by atoms with Crippen LogP contribution in [0.15, 0.2) is 0 Å². The Balaban J connectivity index is 2.56. The molecule has 0 bridgehead atoms. The Kier molecular flexibility index (Phi) is 4.56. The Morgan fingerprint density at radius 2 is 1.93 bits per heavy atom. The molecule has 3 heteroatoms.